The summed E-state index contributed by atoms with van der Waals surface area (Å²) in [5.41, 5.74) is 1.62. The van der Waals surface area contributed by atoms with Gasteiger partial charge < -0.3 is 5.32 Å². The van der Waals surface area contributed by atoms with E-state index in [-0.39, 0.29) is 0 Å². The zero-order valence-electron chi connectivity index (χ0n) is 13.4. The average molecular weight is 276 g/mol. The van der Waals surface area contributed by atoms with Gasteiger partial charge in [-0.3, -0.25) is 4.90 Å². The molecule has 1 aromatic heterocycles. The van der Waals surface area contributed by atoms with Crippen LogP contribution in [-0.4, -0.2) is 35.0 Å². The van der Waals surface area contributed by atoms with Crippen molar-refractivity contribution in [3.05, 3.63) is 17.6 Å². The van der Waals surface area contributed by atoms with Crippen LogP contribution in [0.5, 0.6) is 0 Å². The van der Waals surface area contributed by atoms with Crippen LogP contribution in [0.4, 0.5) is 5.82 Å². The molecule has 0 aliphatic carbocycles. The lowest BCUT2D eigenvalue weighted by atomic mass is 9.74. The van der Waals surface area contributed by atoms with Gasteiger partial charge in [-0.1, -0.05) is 26.7 Å². The second kappa shape index (κ2) is 6.53. The highest BCUT2D eigenvalue weighted by Gasteiger charge is 2.31. The zero-order valence-corrected chi connectivity index (χ0v) is 13.4. The Morgan fingerprint density at radius 2 is 1.85 bits per heavy atom. The second-order valence-corrected chi connectivity index (χ2v) is 6.04. The molecule has 4 nitrogen and oxygen atoms in total. The zero-order chi connectivity index (χ0) is 14.6. The van der Waals surface area contributed by atoms with Crippen LogP contribution in [0.25, 0.3) is 0 Å². The van der Waals surface area contributed by atoms with Crippen LogP contribution >= 0.6 is 0 Å². The number of aromatic nitrogens is 2. The Morgan fingerprint density at radius 3 is 2.40 bits per heavy atom. The number of likely N-dealkylation sites (tertiary alicyclic amines) is 1. The maximum absolute atomic E-state index is 4.56. The molecule has 20 heavy (non-hydrogen) atoms. The van der Waals surface area contributed by atoms with E-state index in [4.69, 9.17) is 0 Å². The predicted octanol–water partition coefficient (Wildman–Crippen LogP) is 3.23. The summed E-state index contributed by atoms with van der Waals surface area (Å²) >= 11 is 0. The van der Waals surface area contributed by atoms with Crippen molar-refractivity contribution < 1.29 is 0 Å². The number of nitrogens with one attached hydrogen (secondary N) is 1. The molecule has 112 valence electrons. The molecule has 0 radical (unpaired) electrons. The van der Waals surface area contributed by atoms with Crippen LogP contribution in [0.3, 0.4) is 0 Å². The Balaban J connectivity index is 1.97. The molecule has 0 atom stereocenters. The maximum atomic E-state index is 4.56. The van der Waals surface area contributed by atoms with Gasteiger partial charge >= 0.3 is 0 Å². The lowest BCUT2D eigenvalue weighted by Crippen LogP contribution is -2.39. The van der Waals surface area contributed by atoms with Crippen LogP contribution in [0.2, 0.25) is 0 Å². The van der Waals surface area contributed by atoms with Crippen molar-refractivity contribution in [2.75, 3.05) is 25.5 Å². The van der Waals surface area contributed by atoms with Gasteiger partial charge in [0.15, 0.2) is 0 Å². The third kappa shape index (κ3) is 3.48. The topological polar surface area (TPSA) is 41.1 Å². The van der Waals surface area contributed by atoms with E-state index in [2.05, 4.69) is 34.0 Å². The van der Waals surface area contributed by atoms with Gasteiger partial charge in [0.25, 0.3) is 0 Å². The molecule has 0 spiro atoms. The minimum atomic E-state index is 0.583. The van der Waals surface area contributed by atoms with E-state index in [9.17, 15) is 0 Å². The Hall–Kier alpha value is -1.16. The Morgan fingerprint density at radius 1 is 1.20 bits per heavy atom. The molecule has 0 amide bonds. The average Bonchev–Trinajstić information content (AvgIpc) is 2.48. The van der Waals surface area contributed by atoms with Crippen molar-refractivity contribution in [3.63, 3.8) is 0 Å². The molecule has 4 heteroatoms. The summed E-state index contributed by atoms with van der Waals surface area (Å²) in [5, 5.41) is 3.11. The first-order valence-corrected chi connectivity index (χ1v) is 7.85. The largest absolute Gasteiger partial charge is 0.373 e. The fraction of sp³-hybridized carbons (Fsp3) is 0.750. The quantitative estimate of drug-likeness (QED) is 0.896. The first kappa shape index (κ1) is 15.2. The van der Waals surface area contributed by atoms with Gasteiger partial charge in [0.05, 0.1) is 6.54 Å². The Kier molecular flexibility index (Phi) is 4.97. The van der Waals surface area contributed by atoms with Gasteiger partial charge in [-0.05, 0) is 38.3 Å². The fourth-order valence-electron chi connectivity index (χ4n) is 3.17. The summed E-state index contributed by atoms with van der Waals surface area (Å²) in [5.74, 6) is 1.86. The SMILES string of the molecule is CCC1(CC)CCN(Cc2nc(C)cc(NC)n2)CC1. The summed E-state index contributed by atoms with van der Waals surface area (Å²) in [7, 11) is 1.91. The molecule has 0 unspecified atom stereocenters. The molecule has 0 aromatic carbocycles. The first-order valence-electron chi connectivity index (χ1n) is 7.85. The molecule has 0 bridgehead atoms. The highest BCUT2D eigenvalue weighted by Crippen LogP contribution is 2.38. The minimum absolute atomic E-state index is 0.583. The van der Waals surface area contributed by atoms with E-state index in [0.717, 1.165) is 23.9 Å². The van der Waals surface area contributed by atoms with Gasteiger partial charge in [-0.25, -0.2) is 9.97 Å². The first-order chi connectivity index (χ1) is 9.60. The molecule has 2 heterocycles. The van der Waals surface area contributed by atoms with Crippen molar-refractivity contribution in [2.45, 2.75) is 53.0 Å². The van der Waals surface area contributed by atoms with Crippen molar-refractivity contribution in [1.29, 1.82) is 0 Å². The minimum Gasteiger partial charge on any atom is -0.373 e. The molecule has 0 saturated carbocycles. The summed E-state index contributed by atoms with van der Waals surface area (Å²) in [6.07, 6.45) is 5.24. The van der Waals surface area contributed by atoms with E-state index in [1.807, 2.05) is 20.0 Å². The number of hydrogen-bond donors (Lipinski definition) is 1. The van der Waals surface area contributed by atoms with Crippen LogP contribution in [0.15, 0.2) is 6.07 Å². The molecule has 2 rings (SSSR count). The van der Waals surface area contributed by atoms with E-state index in [0.29, 0.717) is 5.41 Å². The number of nitrogens with zero attached hydrogens (tertiary/aromatic N) is 3. The lowest BCUT2D eigenvalue weighted by molar-refractivity contribution is 0.0892. The molecule has 1 aliphatic rings. The summed E-state index contributed by atoms with van der Waals surface area (Å²) in [6.45, 7) is 9.92. The molecule has 1 N–H and O–H groups in total. The van der Waals surface area contributed by atoms with Gasteiger partial charge in [-0.2, -0.15) is 0 Å². The smallest absolute Gasteiger partial charge is 0.144 e. The van der Waals surface area contributed by atoms with Gasteiger partial charge in [0.1, 0.15) is 11.6 Å². The van der Waals surface area contributed by atoms with Crippen LogP contribution in [0.1, 0.15) is 51.0 Å². The molecule has 1 saturated heterocycles. The van der Waals surface area contributed by atoms with Gasteiger partial charge in [0.2, 0.25) is 0 Å². The fourth-order valence-corrected chi connectivity index (χ4v) is 3.17. The Labute approximate surface area is 123 Å². The summed E-state index contributed by atoms with van der Waals surface area (Å²) in [4.78, 5) is 11.6. The van der Waals surface area contributed by atoms with E-state index in [1.54, 1.807) is 0 Å². The van der Waals surface area contributed by atoms with E-state index in [1.165, 1.54) is 38.8 Å². The molecule has 1 aliphatic heterocycles. The van der Waals surface area contributed by atoms with Crippen molar-refractivity contribution in [2.24, 2.45) is 5.41 Å². The predicted molar refractivity (Wildman–Crippen MR) is 83.8 cm³/mol. The normalized spacial score (nSPS) is 19.0. The number of anilines is 1. The van der Waals surface area contributed by atoms with E-state index >= 15 is 0 Å². The van der Waals surface area contributed by atoms with Crippen molar-refractivity contribution in [1.82, 2.24) is 14.9 Å². The highest BCUT2D eigenvalue weighted by molar-refractivity contribution is 5.34. The third-order valence-corrected chi connectivity index (χ3v) is 4.94. The van der Waals surface area contributed by atoms with Gasteiger partial charge in [0, 0.05) is 18.8 Å². The molecule has 1 fully saturated rings. The summed E-state index contributed by atoms with van der Waals surface area (Å²) in [6, 6.07) is 1.99. The van der Waals surface area contributed by atoms with Crippen LogP contribution in [0, 0.1) is 12.3 Å². The molecular formula is C16H28N4. The number of piperidine rings is 1. The van der Waals surface area contributed by atoms with Crippen molar-refractivity contribution >= 4 is 5.82 Å². The number of aryl methyl sites for hydroxylation is 1. The van der Waals surface area contributed by atoms with Crippen LogP contribution in [-0.2, 0) is 6.54 Å². The summed E-state index contributed by atoms with van der Waals surface area (Å²) < 4.78 is 0. The van der Waals surface area contributed by atoms with Crippen LogP contribution < -0.4 is 5.32 Å². The van der Waals surface area contributed by atoms with Crippen molar-refractivity contribution in [3.8, 4) is 0 Å². The Bertz CT molecular complexity index is 430. The molecular weight excluding hydrogens is 248 g/mol. The van der Waals surface area contributed by atoms with E-state index < -0.39 is 0 Å². The van der Waals surface area contributed by atoms with Gasteiger partial charge in [-0.15, -0.1) is 0 Å². The maximum Gasteiger partial charge on any atom is 0.144 e. The number of hydrogen-bond acceptors (Lipinski definition) is 4. The molecule has 1 aromatic rings. The highest BCUT2D eigenvalue weighted by atomic mass is 15.2. The third-order valence-electron chi connectivity index (χ3n) is 4.94. The number of rotatable bonds is 5. The monoisotopic (exact) mass is 276 g/mol. The second-order valence-electron chi connectivity index (χ2n) is 6.04. The standard InChI is InChI=1S/C16H28N4/c1-5-16(6-2)7-9-20(10-8-16)12-15-18-13(3)11-14(17-4)19-15/h11H,5-10,12H2,1-4H3,(H,17,18,19). The lowest BCUT2D eigenvalue weighted by Gasteiger charge is -2.40.